The van der Waals surface area contributed by atoms with Gasteiger partial charge in [0.25, 0.3) is 0 Å². The molecular formula is C13H12O2S. The maximum absolute atomic E-state index is 11.1. The lowest BCUT2D eigenvalue weighted by molar-refractivity contribution is 0.0695. The number of hydrogen-bond donors (Lipinski definition) is 1. The summed E-state index contributed by atoms with van der Waals surface area (Å²) in [6.45, 7) is 2.04. The first-order valence-corrected chi connectivity index (χ1v) is 5.93. The molecule has 1 aromatic heterocycles. The summed E-state index contributed by atoms with van der Waals surface area (Å²) in [5.41, 5.74) is 1.26. The molecular weight excluding hydrogens is 220 g/mol. The van der Waals surface area contributed by atoms with Crippen LogP contribution < -0.4 is 0 Å². The highest BCUT2D eigenvalue weighted by Crippen LogP contribution is 2.29. The van der Waals surface area contributed by atoms with Crippen LogP contribution in [0.2, 0.25) is 0 Å². The van der Waals surface area contributed by atoms with Crippen LogP contribution in [-0.2, 0) is 0 Å². The van der Waals surface area contributed by atoms with Crippen molar-refractivity contribution in [3.05, 3.63) is 57.8 Å². The van der Waals surface area contributed by atoms with E-state index in [1.54, 1.807) is 23.5 Å². The molecule has 1 N–H and O–H groups in total. The van der Waals surface area contributed by atoms with Crippen LogP contribution in [0.15, 0.2) is 41.8 Å². The standard InChI is InChI=1S/C13H12O2S/c1-9(12-7-4-8-16-12)10-5-2-3-6-11(10)13(14)15/h2-9H,1H3,(H,14,15)/t9-/m1/s1. The minimum atomic E-state index is -0.862. The van der Waals surface area contributed by atoms with Crippen molar-refractivity contribution in [1.82, 2.24) is 0 Å². The largest absolute Gasteiger partial charge is 0.478 e. The number of thiophene rings is 1. The number of hydrogen-bond acceptors (Lipinski definition) is 2. The Bertz CT molecular complexity index is 488. The Hall–Kier alpha value is -1.61. The highest BCUT2D eigenvalue weighted by molar-refractivity contribution is 7.10. The molecule has 2 rings (SSSR count). The fraction of sp³-hybridized carbons (Fsp3) is 0.154. The number of carbonyl (C=O) groups is 1. The zero-order chi connectivity index (χ0) is 11.5. The third-order valence-electron chi connectivity index (χ3n) is 2.63. The van der Waals surface area contributed by atoms with Crippen LogP contribution in [0, 0.1) is 0 Å². The van der Waals surface area contributed by atoms with Crippen molar-refractivity contribution in [3.8, 4) is 0 Å². The van der Waals surface area contributed by atoms with Gasteiger partial charge in [-0.25, -0.2) is 4.79 Å². The topological polar surface area (TPSA) is 37.3 Å². The first kappa shape index (κ1) is 10.9. The predicted octanol–water partition coefficient (Wildman–Crippen LogP) is 3.60. The van der Waals surface area contributed by atoms with Crippen molar-refractivity contribution in [2.24, 2.45) is 0 Å². The minimum Gasteiger partial charge on any atom is -0.478 e. The molecule has 3 heteroatoms. The van der Waals surface area contributed by atoms with E-state index in [9.17, 15) is 4.79 Å². The predicted molar refractivity (Wildman–Crippen MR) is 65.2 cm³/mol. The normalized spacial score (nSPS) is 12.3. The van der Waals surface area contributed by atoms with Crippen molar-refractivity contribution in [2.75, 3.05) is 0 Å². The average Bonchev–Trinajstić information content (AvgIpc) is 2.81. The van der Waals surface area contributed by atoms with Gasteiger partial charge in [-0.1, -0.05) is 31.2 Å². The molecule has 0 aliphatic heterocycles. The molecule has 0 amide bonds. The highest BCUT2D eigenvalue weighted by Gasteiger charge is 2.16. The molecule has 0 aliphatic carbocycles. The van der Waals surface area contributed by atoms with Crippen molar-refractivity contribution in [1.29, 1.82) is 0 Å². The smallest absolute Gasteiger partial charge is 0.335 e. The van der Waals surface area contributed by atoms with Crippen LogP contribution >= 0.6 is 11.3 Å². The van der Waals surface area contributed by atoms with E-state index < -0.39 is 5.97 Å². The fourth-order valence-corrected chi connectivity index (χ4v) is 2.56. The molecule has 0 radical (unpaired) electrons. The second-order valence-electron chi connectivity index (χ2n) is 3.63. The van der Waals surface area contributed by atoms with Gasteiger partial charge in [-0.05, 0) is 23.1 Å². The number of benzene rings is 1. The Morgan fingerprint density at radius 2 is 2.00 bits per heavy atom. The Morgan fingerprint density at radius 1 is 1.25 bits per heavy atom. The first-order chi connectivity index (χ1) is 7.70. The van der Waals surface area contributed by atoms with E-state index in [4.69, 9.17) is 5.11 Å². The third kappa shape index (κ3) is 1.99. The molecule has 2 nitrogen and oxygen atoms in total. The molecule has 1 aromatic carbocycles. The van der Waals surface area contributed by atoms with Gasteiger partial charge < -0.3 is 5.11 Å². The fourth-order valence-electron chi connectivity index (χ4n) is 1.76. The van der Waals surface area contributed by atoms with E-state index in [0.29, 0.717) is 5.56 Å². The highest BCUT2D eigenvalue weighted by atomic mass is 32.1. The Kier molecular flexibility index (Phi) is 3.06. The number of aromatic carboxylic acids is 1. The summed E-state index contributed by atoms with van der Waals surface area (Å²) in [6.07, 6.45) is 0. The Labute approximate surface area is 98.2 Å². The van der Waals surface area contributed by atoms with Crippen LogP contribution in [0.3, 0.4) is 0 Å². The molecule has 1 heterocycles. The maximum Gasteiger partial charge on any atom is 0.335 e. The molecule has 82 valence electrons. The van der Waals surface area contributed by atoms with E-state index in [1.165, 1.54) is 4.88 Å². The van der Waals surface area contributed by atoms with Crippen LogP contribution in [0.1, 0.15) is 33.6 Å². The van der Waals surface area contributed by atoms with Gasteiger partial charge in [0.05, 0.1) is 5.56 Å². The van der Waals surface area contributed by atoms with Crippen molar-refractivity contribution < 1.29 is 9.90 Å². The second kappa shape index (κ2) is 4.49. The van der Waals surface area contributed by atoms with Gasteiger partial charge in [-0.3, -0.25) is 0 Å². The van der Waals surface area contributed by atoms with Gasteiger partial charge >= 0.3 is 5.97 Å². The van der Waals surface area contributed by atoms with Gasteiger partial charge in [-0.15, -0.1) is 11.3 Å². The lowest BCUT2D eigenvalue weighted by Crippen LogP contribution is -2.05. The molecule has 0 fully saturated rings. The summed E-state index contributed by atoms with van der Waals surface area (Å²) in [7, 11) is 0. The Morgan fingerprint density at radius 3 is 2.62 bits per heavy atom. The van der Waals surface area contributed by atoms with E-state index in [2.05, 4.69) is 0 Å². The summed E-state index contributed by atoms with van der Waals surface area (Å²) in [6, 6.07) is 11.2. The number of carboxylic acids is 1. The number of carboxylic acid groups (broad SMARTS) is 1. The lowest BCUT2D eigenvalue weighted by atomic mass is 9.94. The van der Waals surface area contributed by atoms with Gasteiger partial charge in [0.2, 0.25) is 0 Å². The molecule has 0 bridgehead atoms. The van der Waals surface area contributed by atoms with E-state index in [0.717, 1.165) is 5.56 Å². The molecule has 2 aromatic rings. The van der Waals surface area contributed by atoms with Crippen LogP contribution in [-0.4, -0.2) is 11.1 Å². The molecule has 0 saturated heterocycles. The Balaban J connectivity index is 2.44. The van der Waals surface area contributed by atoms with Crippen LogP contribution in [0.5, 0.6) is 0 Å². The summed E-state index contributed by atoms with van der Waals surface area (Å²) in [5.74, 6) is -0.730. The SMILES string of the molecule is C[C@@H](c1cccs1)c1ccccc1C(=O)O. The van der Waals surface area contributed by atoms with Crippen molar-refractivity contribution in [3.63, 3.8) is 0 Å². The monoisotopic (exact) mass is 232 g/mol. The molecule has 0 aliphatic rings. The van der Waals surface area contributed by atoms with Crippen LogP contribution in [0.25, 0.3) is 0 Å². The third-order valence-corrected chi connectivity index (χ3v) is 3.68. The summed E-state index contributed by atoms with van der Waals surface area (Å²) < 4.78 is 0. The summed E-state index contributed by atoms with van der Waals surface area (Å²) in [4.78, 5) is 12.3. The maximum atomic E-state index is 11.1. The molecule has 16 heavy (non-hydrogen) atoms. The summed E-state index contributed by atoms with van der Waals surface area (Å²) >= 11 is 1.65. The van der Waals surface area contributed by atoms with Crippen molar-refractivity contribution >= 4 is 17.3 Å². The molecule has 0 unspecified atom stereocenters. The van der Waals surface area contributed by atoms with E-state index in [-0.39, 0.29) is 5.92 Å². The zero-order valence-electron chi connectivity index (χ0n) is 8.88. The van der Waals surface area contributed by atoms with Gasteiger partial charge in [0.15, 0.2) is 0 Å². The lowest BCUT2D eigenvalue weighted by Gasteiger charge is -2.12. The average molecular weight is 232 g/mol. The van der Waals surface area contributed by atoms with E-state index >= 15 is 0 Å². The molecule has 0 spiro atoms. The quantitative estimate of drug-likeness (QED) is 0.878. The minimum absolute atomic E-state index is 0.132. The summed E-state index contributed by atoms with van der Waals surface area (Å²) in [5, 5.41) is 11.1. The second-order valence-corrected chi connectivity index (χ2v) is 4.61. The van der Waals surface area contributed by atoms with Gasteiger partial charge in [0.1, 0.15) is 0 Å². The van der Waals surface area contributed by atoms with Gasteiger partial charge in [0, 0.05) is 10.8 Å². The van der Waals surface area contributed by atoms with Crippen molar-refractivity contribution in [2.45, 2.75) is 12.8 Å². The van der Waals surface area contributed by atoms with E-state index in [1.807, 2.05) is 36.6 Å². The van der Waals surface area contributed by atoms with Crippen LogP contribution in [0.4, 0.5) is 0 Å². The number of rotatable bonds is 3. The molecule has 1 atom stereocenters. The first-order valence-electron chi connectivity index (χ1n) is 5.05. The molecule has 0 saturated carbocycles. The van der Waals surface area contributed by atoms with Gasteiger partial charge in [-0.2, -0.15) is 0 Å². The zero-order valence-corrected chi connectivity index (χ0v) is 9.70.